The molecule has 2 aliphatic carbocycles. The van der Waals surface area contributed by atoms with Crippen molar-refractivity contribution >= 4 is 5.91 Å². The van der Waals surface area contributed by atoms with Crippen LogP contribution in [-0.4, -0.2) is 45.3 Å². The lowest BCUT2D eigenvalue weighted by molar-refractivity contribution is -0.163. The molecule has 0 aromatic heterocycles. The predicted octanol–water partition coefficient (Wildman–Crippen LogP) is 1.44. The number of hydrogen-bond donors (Lipinski definition) is 2. The first-order valence-electron chi connectivity index (χ1n) is 7.83. The summed E-state index contributed by atoms with van der Waals surface area (Å²) < 4.78 is 0. The van der Waals surface area contributed by atoms with Crippen LogP contribution >= 0.6 is 0 Å². The Hall–Kier alpha value is -0.610. The molecule has 1 amide bonds. The zero-order valence-corrected chi connectivity index (χ0v) is 11.6. The quantitative estimate of drug-likeness (QED) is 0.796. The van der Waals surface area contributed by atoms with Crippen molar-refractivity contribution in [2.45, 2.75) is 75.5 Å². The predicted molar refractivity (Wildman–Crippen MR) is 71.5 cm³/mol. The number of carbonyl (C=O) groups is 1. The number of aliphatic hydroxyl groups is 2. The van der Waals surface area contributed by atoms with E-state index in [4.69, 9.17) is 0 Å². The molecule has 0 spiro atoms. The Morgan fingerprint density at radius 3 is 2.42 bits per heavy atom. The molecule has 2 N–H and O–H groups in total. The van der Waals surface area contributed by atoms with E-state index >= 15 is 0 Å². The third-order valence-corrected chi connectivity index (χ3v) is 5.41. The number of likely N-dealkylation sites (tertiary alicyclic amines) is 1. The molecule has 108 valence electrons. The van der Waals surface area contributed by atoms with E-state index in [0.717, 1.165) is 51.5 Å². The first-order valence-corrected chi connectivity index (χ1v) is 7.83. The van der Waals surface area contributed by atoms with Crippen molar-refractivity contribution in [1.29, 1.82) is 0 Å². The van der Waals surface area contributed by atoms with Crippen LogP contribution in [0.4, 0.5) is 0 Å². The van der Waals surface area contributed by atoms with E-state index in [9.17, 15) is 15.0 Å². The van der Waals surface area contributed by atoms with Gasteiger partial charge in [-0.05, 0) is 44.9 Å². The van der Waals surface area contributed by atoms with Gasteiger partial charge in [0.1, 0.15) is 5.60 Å². The third kappa shape index (κ3) is 2.29. The molecule has 0 bridgehead atoms. The Kier molecular flexibility index (Phi) is 3.56. The fourth-order valence-corrected chi connectivity index (χ4v) is 4.07. The van der Waals surface area contributed by atoms with Gasteiger partial charge >= 0.3 is 0 Å². The molecule has 3 aliphatic rings. The molecule has 1 aliphatic heterocycles. The van der Waals surface area contributed by atoms with E-state index in [0.29, 0.717) is 12.8 Å². The Bertz CT molecular complexity index is 353. The maximum atomic E-state index is 12.5. The summed E-state index contributed by atoms with van der Waals surface area (Å²) >= 11 is 0. The van der Waals surface area contributed by atoms with Crippen molar-refractivity contribution in [2.75, 3.05) is 6.54 Å². The molecule has 4 nitrogen and oxygen atoms in total. The second kappa shape index (κ2) is 5.06. The number of rotatable bonds is 2. The Morgan fingerprint density at radius 1 is 1.05 bits per heavy atom. The molecule has 0 aromatic rings. The molecule has 19 heavy (non-hydrogen) atoms. The lowest BCUT2D eigenvalue weighted by Crippen LogP contribution is -2.56. The van der Waals surface area contributed by atoms with Gasteiger partial charge in [0, 0.05) is 18.5 Å². The van der Waals surface area contributed by atoms with Gasteiger partial charge in [0.2, 0.25) is 0 Å². The van der Waals surface area contributed by atoms with E-state index in [1.807, 2.05) is 4.90 Å². The first kappa shape index (κ1) is 13.4. The molecule has 1 heterocycles. The zero-order chi connectivity index (χ0) is 13.5. The standard InChI is InChI=1S/C15H25NO3/c17-13-7-2-1-5-11(13)12-6-3-10-16(12)14(18)15(19)8-4-9-15/h11-13,17,19H,1-10H2. The van der Waals surface area contributed by atoms with Crippen LogP contribution in [0.25, 0.3) is 0 Å². The maximum absolute atomic E-state index is 12.5. The van der Waals surface area contributed by atoms with Gasteiger partial charge in [-0.1, -0.05) is 12.8 Å². The molecule has 3 atom stereocenters. The van der Waals surface area contributed by atoms with Gasteiger partial charge in [-0.25, -0.2) is 0 Å². The van der Waals surface area contributed by atoms with Crippen molar-refractivity contribution in [2.24, 2.45) is 5.92 Å². The Morgan fingerprint density at radius 2 is 1.79 bits per heavy atom. The number of aliphatic hydroxyl groups excluding tert-OH is 1. The molecular formula is C15H25NO3. The lowest BCUT2D eigenvalue weighted by Gasteiger charge is -2.43. The van der Waals surface area contributed by atoms with Gasteiger partial charge in [-0.2, -0.15) is 0 Å². The van der Waals surface area contributed by atoms with E-state index in [1.165, 1.54) is 0 Å². The normalized spacial score (nSPS) is 38.0. The van der Waals surface area contributed by atoms with E-state index in [1.54, 1.807) is 0 Å². The minimum atomic E-state index is -1.08. The Balaban J connectivity index is 1.72. The topological polar surface area (TPSA) is 60.8 Å². The summed E-state index contributed by atoms with van der Waals surface area (Å²) in [5.41, 5.74) is -1.08. The van der Waals surface area contributed by atoms with Gasteiger partial charge in [-0.15, -0.1) is 0 Å². The molecule has 4 heteroatoms. The number of carbonyl (C=O) groups excluding carboxylic acids is 1. The van der Waals surface area contributed by atoms with Crippen LogP contribution < -0.4 is 0 Å². The van der Waals surface area contributed by atoms with Gasteiger partial charge in [0.05, 0.1) is 6.10 Å². The van der Waals surface area contributed by atoms with Crippen LogP contribution in [0.15, 0.2) is 0 Å². The molecule has 3 rings (SSSR count). The number of amides is 1. The minimum absolute atomic E-state index is 0.0703. The first-order chi connectivity index (χ1) is 9.12. The summed E-state index contributed by atoms with van der Waals surface area (Å²) in [5.74, 6) is 0.155. The second-order valence-electron chi connectivity index (χ2n) is 6.61. The third-order valence-electron chi connectivity index (χ3n) is 5.41. The summed E-state index contributed by atoms with van der Waals surface area (Å²) in [7, 11) is 0. The van der Waals surface area contributed by atoms with E-state index in [2.05, 4.69) is 0 Å². The summed E-state index contributed by atoms with van der Waals surface area (Å²) in [4.78, 5) is 14.4. The molecule has 0 radical (unpaired) electrons. The Labute approximate surface area is 114 Å². The largest absolute Gasteiger partial charge is 0.393 e. The number of hydrogen-bond acceptors (Lipinski definition) is 3. The minimum Gasteiger partial charge on any atom is -0.393 e. The van der Waals surface area contributed by atoms with Gasteiger partial charge < -0.3 is 15.1 Å². The van der Waals surface area contributed by atoms with Crippen LogP contribution in [0.5, 0.6) is 0 Å². The van der Waals surface area contributed by atoms with Crippen LogP contribution in [0.2, 0.25) is 0 Å². The highest BCUT2D eigenvalue weighted by molar-refractivity contribution is 5.86. The molecule has 1 saturated heterocycles. The van der Waals surface area contributed by atoms with E-state index in [-0.39, 0.29) is 24.0 Å². The highest BCUT2D eigenvalue weighted by Gasteiger charge is 2.48. The van der Waals surface area contributed by atoms with Crippen molar-refractivity contribution in [3.8, 4) is 0 Å². The van der Waals surface area contributed by atoms with Crippen molar-refractivity contribution in [3.63, 3.8) is 0 Å². The summed E-state index contributed by atoms with van der Waals surface area (Å²) in [5, 5.41) is 20.5. The summed E-state index contributed by atoms with van der Waals surface area (Å²) in [6, 6.07) is 0.160. The number of nitrogens with zero attached hydrogens (tertiary/aromatic N) is 1. The zero-order valence-electron chi connectivity index (χ0n) is 11.6. The van der Waals surface area contributed by atoms with E-state index < -0.39 is 5.60 Å². The van der Waals surface area contributed by atoms with Crippen LogP contribution in [0.1, 0.15) is 57.8 Å². The van der Waals surface area contributed by atoms with Crippen molar-refractivity contribution in [3.05, 3.63) is 0 Å². The highest BCUT2D eigenvalue weighted by Crippen LogP contribution is 2.39. The molecular weight excluding hydrogens is 242 g/mol. The average molecular weight is 267 g/mol. The molecule has 2 saturated carbocycles. The SMILES string of the molecule is O=C(N1CCCC1C1CCCCC1O)C1(O)CCC1. The monoisotopic (exact) mass is 267 g/mol. The van der Waals surface area contributed by atoms with Gasteiger partial charge in [0.15, 0.2) is 0 Å². The lowest BCUT2D eigenvalue weighted by atomic mass is 9.77. The summed E-state index contributed by atoms with van der Waals surface area (Å²) in [6.07, 6.45) is 8.06. The van der Waals surface area contributed by atoms with Crippen LogP contribution in [0, 0.1) is 5.92 Å². The average Bonchev–Trinajstić information content (AvgIpc) is 2.84. The van der Waals surface area contributed by atoms with Crippen LogP contribution in [-0.2, 0) is 4.79 Å². The van der Waals surface area contributed by atoms with Crippen LogP contribution in [0.3, 0.4) is 0 Å². The molecule has 3 unspecified atom stereocenters. The maximum Gasteiger partial charge on any atom is 0.254 e. The fraction of sp³-hybridized carbons (Fsp3) is 0.933. The molecule has 0 aromatic carbocycles. The van der Waals surface area contributed by atoms with Crippen molar-refractivity contribution < 1.29 is 15.0 Å². The van der Waals surface area contributed by atoms with Gasteiger partial charge in [0.25, 0.3) is 5.91 Å². The second-order valence-corrected chi connectivity index (χ2v) is 6.61. The summed E-state index contributed by atoms with van der Waals surface area (Å²) in [6.45, 7) is 0.759. The fourth-order valence-electron chi connectivity index (χ4n) is 4.07. The van der Waals surface area contributed by atoms with Gasteiger partial charge in [-0.3, -0.25) is 4.79 Å². The smallest absolute Gasteiger partial charge is 0.254 e. The van der Waals surface area contributed by atoms with Crippen molar-refractivity contribution in [1.82, 2.24) is 4.90 Å². The highest BCUT2D eigenvalue weighted by atomic mass is 16.3. The molecule has 3 fully saturated rings.